The van der Waals surface area contributed by atoms with E-state index >= 15 is 0 Å². The number of fused-ring (bicyclic) bond motifs is 3. The van der Waals surface area contributed by atoms with E-state index in [9.17, 15) is 4.55 Å². The minimum absolute atomic E-state index is 0.726. The normalized spacial score (nSPS) is 12.6. The van der Waals surface area contributed by atoms with Crippen LogP contribution in [0.25, 0.3) is 32.7 Å². The Labute approximate surface area is 162 Å². The van der Waals surface area contributed by atoms with E-state index < -0.39 is 11.2 Å². The van der Waals surface area contributed by atoms with E-state index in [2.05, 4.69) is 34.1 Å². The van der Waals surface area contributed by atoms with E-state index in [0.29, 0.717) is 0 Å². The maximum absolute atomic E-state index is 12.3. The molecule has 1 nitrogen and oxygen atoms in total. The van der Waals surface area contributed by atoms with Crippen LogP contribution >= 0.6 is 27.5 Å². The Bertz CT molecular complexity index is 1110. The quantitative estimate of drug-likeness (QED) is 0.253. The van der Waals surface area contributed by atoms with Crippen molar-refractivity contribution in [2.45, 2.75) is 4.90 Å². The van der Waals surface area contributed by atoms with Crippen molar-refractivity contribution in [2.75, 3.05) is 6.26 Å². The van der Waals surface area contributed by atoms with Gasteiger partial charge in [-0.15, -0.1) is 0 Å². The highest BCUT2D eigenvalue weighted by atomic mass is 79.9. The Balaban J connectivity index is 2.14. The molecular weight excluding hydrogens is 416 g/mol. The summed E-state index contributed by atoms with van der Waals surface area (Å²) in [5.41, 5.74) is 2.08. The van der Waals surface area contributed by atoms with Crippen LogP contribution in [0.5, 0.6) is 0 Å². The third kappa shape index (κ3) is 3.06. The van der Waals surface area contributed by atoms with E-state index in [1.165, 1.54) is 0 Å². The molecule has 1 atom stereocenters. The van der Waals surface area contributed by atoms with Gasteiger partial charge < -0.3 is 4.55 Å². The second-order valence-corrected chi connectivity index (χ2v) is 8.63. The fourth-order valence-electron chi connectivity index (χ4n) is 3.25. The minimum Gasteiger partial charge on any atom is -0.612 e. The summed E-state index contributed by atoms with van der Waals surface area (Å²) >= 11 is 8.62. The van der Waals surface area contributed by atoms with Gasteiger partial charge in [0.2, 0.25) is 0 Å². The summed E-state index contributed by atoms with van der Waals surface area (Å²) in [7, 11) is 0. The van der Waals surface area contributed by atoms with Crippen molar-refractivity contribution >= 4 is 60.3 Å². The molecule has 0 amide bonds. The molecule has 0 saturated heterocycles. The Morgan fingerprint density at radius 1 is 0.840 bits per heavy atom. The number of rotatable bonds is 2. The Kier molecular flexibility index (Phi) is 4.50. The molecule has 124 valence electrons. The van der Waals surface area contributed by atoms with Crippen molar-refractivity contribution in [1.82, 2.24) is 0 Å². The minimum atomic E-state index is -1.08. The SMILES string of the molecule is C[S+]([O-])c1cc(Br)ccc1-c1cc2ccc(Cl)cc2c2ccccc12. The summed E-state index contributed by atoms with van der Waals surface area (Å²) in [6.07, 6.45) is 1.72. The molecule has 4 heteroatoms. The first-order chi connectivity index (χ1) is 12.0. The van der Waals surface area contributed by atoms with Gasteiger partial charge in [0.15, 0.2) is 4.90 Å². The Morgan fingerprint density at radius 3 is 2.36 bits per heavy atom. The molecule has 0 radical (unpaired) electrons. The maximum Gasteiger partial charge on any atom is 0.161 e. The number of benzene rings is 4. The summed E-state index contributed by atoms with van der Waals surface area (Å²) in [6.45, 7) is 0. The molecule has 4 aromatic rings. The zero-order valence-electron chi connectivity index (χ0n) is 13.4. The van der Waals surface area contributed by atoms with Crippen LogP contribution in [0.4, 0.5) is 0 Å². The van der Waals surface area contributed by atoms with Gasteiger partial charge in [0, 0.05) is 21.1 Å². The van der Waals surface area contributed by atoms with Crippen molar-refractivity contribution in [2.24, 2.45) is 0 Å². The first-order valence-corrected chi connectivity index (χ1v) is 10.5. The van der Waals surface area contributed by atoms with Gasteiger partial charge in [-0.1, -0.05) is 57.9 Å². The fraction of sp³-hybridized carbons (Fsp3) is 0.0476. The molecular formula is C21H14BrClOS. The van der Waals surface area contributed by atoms with Crippen LogP contribution < -0.4 is 0 Å². The first-order valence-electron chi connectivity index (χ1n) is 7.79. The highest BCUT2D eigenvalue weighted by molar-refractivity contribution is 9.10. The van der Waals surface area contributed by atoms with E-state index in [0.717, 1.165) is 47.1 Å². The van der Waals surface area contributed by atoms with Crippen molar-refractivity contribution in [3.05, 3.63) is 76.2 Å². The molecule has 0 aliphatic rings. The van der Waals surface area contributed by atoms with Crippen LogP contribution in [-0.2, 0) is 11.2 Å². The van der Waals surface area contributed by atoms with Crippen molar-refractivity contribution in [3.63, 3.8) is 0 Å². The Hall–Kier alpha value is -1.52. The summed E-state index contributed by atoms with van der Waals surface area (Å²) in [5, 5.41) is 5.25. The lowest BCUT2D eigenvalue weighted by atomic mass is 9.93. The third-order valence-electron chi connectivity index (χ3n) is 4.37. The molecule has 0 bridgehead atoms. The number of hydrogen-bond acceptors (Lipinski definition) is 1. The van der Waals surface area contributed by atoms with E-state index in [1.54, 1.807) is 6.26 Å². The molecule has 0 aliphatic carbocycles. The molecule has 4 aromatic carbocycles. The molecule has 0 heterocycles. The van der Waals surface area contributed by atoms with Crippen LogP contribution in [0.3, 0.4) is 0 Å². The second kappa shape index (κ2) is 6.65. The van der Waals surface area contributed by atoms with Gasteiger partial charge in [-0.2, -0.15) is 0 Å². The van der Waals surface area contributed by atoms with Crippen molar-refractivity contribution in [3.8, 4) is 11.1 Å². The van der Waals surface area contributed by atoms with Gasteiger partial charge in [-0.3, -0.25) is 0 Å². The van der Waals surface area contributed by atoms with E-state index in [1.807, 2.05) is 48.5 Å². The fourth-order valence-corrected chi connectivity index (χ4v) is 4.72. The highest BCUT2D eigenvalue weighted by Gasteiger charge is 2.17. The van der Waals surface area contributed by atoms with Gasteiger partial charge in [0.05, 0.1) is 0 Å². The first kappa shape index (κ1) is 16.9. The Morgan fingerprint density at radius 2 is 1.60 bits per heavy atom. The average molecular weight is 430 g/mol. The van der Waals surface area contributed by atoms with Gasteiger partial charge in [-0.05, 0) is 68.6 Å². The summed E-state index contributed by atoms with van der Waals surface area (Å²) in [5.74, 6) is 0. The topological polar surface area (TPSA) is 23.1 Å². The third-order valence-corrected chi connectivity index (χ3v) is 6.05. The smallest absolute Gasteiger partial charge is 0.161 e. The zero-order chi connectivity index (χ0) is 17.6. The molecule has 0 N–H and O–H groups in total. The maximum atomic E-state index is 12.3. The van der Waals surface area contributed by atoms with Crippen LogP contribution in [0.15, 0.2) is 76.1 Å². The largest absolute Gasteiger partial charge is 0.612 e. The molecule has 0 fully saturated rings. The average Bonchev–Trinajstić information content (AvgIpc) is 2.61. The van der Waals surface area contributed by atoms with E-state index in [4.69, 9.17) is 11.6 Å². The predicted molar refractivity (Wildman–Crippen MR) is 112 cm³/mol. The monoisotopic (exact) mass is 428 g/mol. The molecule has 0 aliphatic heterocycles. The highest BCUT2D eigenvalue weighted by Crippen LogP contribution is 2.39. The second-order valence-electron chi connectivity index (χ2n) is 5.93. The van der Waals surface area contributed by atoms with E-state index in [-0.39, 0.29) is 0 Å². The lowest BCUT2D eigenvalue weighted by Gasteiger charge is -2.15. The summed E-state index contributed by atoms with van der Waals surface area (Å²) in [6, 6.07) is 22.4. The number of halogens is 2. The van der Waals surface area contributed by atoms with Crippen molar-refractivity contribution in [1.29, 1.82) is 0 Å². The van der Waals surface area contributed by atoms with Gasteiger partial charge >= 0.3 is 0 Å². The van der Waals surface area contributed by atoms with Crippen LogP contribution in [0.2, 0.25) is 5.02 Å². The molecule has 0 aromatic heterocycles. The summed E-state index contributed by atoms with van der Waals surface area (Å²) < 4.78 is 13.2. The molecule has 4 rings (SSSR count). The predicted octanol–water partition coefficient (Wildman–Crippen LogP) is 6.81. The standard InChI is InChI=1S/C21H14BrClOS/c1-25(24)21-11-14(22)7-9-18(21)20-10-13-6-8-15(23)12-19(13)16-4-2-3-5-17(16)20/h2-12H,1H3. The molecule has 0 saturated carbocycles. The van der Waals surface area contributed by atoms with Crippen LogP contribution in [0.1, 0.15) is 0 Å². The lowest BCUT2D eigenvalue weighted by molar-refractivity contribution is 0.601. The zero-order valence-corrected chi connectivity index (χ0v) is 16.6. The number of hydrogen-bond donors (Lipinski definition) is 0. The van der Waals surface area contributed by atoms with Crippen molar-refractivity contribution < 1.29 is 4.55 Å². The van der Waals surface area contributed by atoms with Crippen LogP contribution in [0, 0.1) is 0 Å². The molecule has 0 spiro atoms. The van der Waals surface area contributed by atoms with Gasteiger partial charge in [0.25, 0.3) is 0 Å². The molecule has 25 heavy (non-hydrogen) atoms. The van der Waals surface area contributed by atoms with Gasteiger partial charge in [0.1, 0.15) is 6.26 Å². The lowest BCUT2D eigenvalue weighted by Crippen LogP contribution is -2.00. The van der Waals surface area contributed by atoms with Crippen LogP contribution in [-0.4, -0.2) is 10.8 Å². The summed E-state index contributed by atoms with van der Waals surface area (Å²) in [4.78, 5) is 0.827. The molecule has 1 unspecified atom stereocenters. The van der Waals surface area contributed by atoms with Gasteiger partial charge in [-0.25, -0.2) is 0 Å².